The number of aliphatic imine (C=N–C) groups is 4. The average Bonchev–Trinajstić information content (AvgIpc) is 3.84. The number of rotatable bonds is 0. The Bertz CT molecular complexity index is 2710. The van der Waals surface area contributed by atoms with Crippen LogP contribution in [0, 0.1) is 46.5 Å². The molecule has 0 fully saturated rings. The van der Waals surface area contributed by atoms with Crippen molar-refractivity contribution in [1.82, 2.24) is 9.35 Å². The Labute approximate surface area is 278 Å². The van der Waals surface area contributed by atoms with E-state index >= 15 is 35.1 Å². The minimum absolute atomic E-state index is 0.509. The molecule has 51 heavy (non-hydrogen) atoms. The fourth-order valence-corrected chi connectivity index (χ4v) is 6.47. The van der Waals surface area contributed by atoms with Crippen LogP contribution in [0.1, 0.15) is 36.1 Å². The molecule has 10 rings (SSSR count). The van der Waals surface area contributed by atoms with E-state index in [1.807, 2.05) is 13.8 Å². The van der Waals surface area contributed by atoms with Crippen molar-refractivity contribution >= 4 is 56.5 Å². The first-order valence-corrected chi connectivity index (χ1v) is 15.2. The molecular formula is C34H15F8N9. The molecule has 4 aliphatic heterocycles. The number of halogens is 8. The zero-order chi connectivity index (χ0) is 35.6. The van der Waals surface area contributed by atoms with Crippen LogP contribution < -0.4 is 16.5 Å². The fraction of sp³-hybridized carbons (Fsp3) is 0.0588. The number of amidine groups is 4. The summed E-state index contributed by atoms with van der Waals surface area (Å²) in [7, 11) is 0. The maximum absolute atomic E-state index is 15.8. The summed E-state index contributed by atoms with van der Waals surface area (Å²) >= 11 is 0. The molecular weight excluding hydrogens is 686 g/mol. The third kappa shape index (κ3) is 3.96. The normalized spacial score (nSPS) is 14.6. The third-order valence-corrected chi connectivity index (χ3v) is 8.52. The van der Waals surface area contributed by atoms with Gasteiger partial charge >= 0.3 is 0 Å². The molecule has 0 saturated heterocycles. The van der Waals surface area contributed by atoms with Gasteiger partial charge < -0.3 is 0 Å². The third-order valence-electron chi connectivity index (χ3n) is 8.52. The SMILES string of the molecule is CC.Fc1ccc(F)c2c1C1=NC2=Nc2c3c(F)ccc(F)c3c3n2Nn2c(c4c(F)ccc(F)c4c2=NC2=NC(=N3)c3c(F)ccc(F)c32)=N1. The van der Waals surface area contributed by atoms with Crippen LogP contribution in [0.4, 0.5) is 46.8 Å². The van der Waals surface area contributed by atoms with Crippen molar-refractivity contribution in [2.45, 2.75) is 13.8 Å². The summed E-state index contributed by atoms with van der Waals surface area (Å²) in [5, 5.41) is -2.24. The van der Waals surface area contributed by atoms with Crippen LogP contribution in [0.25, 0.3) is 21.5 Å². The number of aromatic nitrogens is 2. The Morgan fingerprint density at radius 2 is 0.667 bits per heavy atom. The van der Waals surface area contributed by atoms with Gasteiger partial charge in [-0.15, -0.1) is 0 Å². The van der Waals surface area contributed by atoms with Crippen molar-refractivity contribution in [2.75, 3.05) is 5.53 Å². The van der Waals surface area contributed by atoms with Crippen molar-refractivity contribution in [1.29, 1.82) is 0 Å². The molecule has 6 bridgehead atoms. The van der Waals surface area contributed by atoms with Crippen molar-refractivity contribution in [3.63, 3.8) is 0 Å². The van der Waals surface area contributed by atoms with Crippen LogP contribution in [0.5, 0.6) is 0 Å². The molecule has 6 aromatic rings. The Morgan fingerprint density at radius 1 is 0.373 bits per heavy atom. The van der Waals surface area contributed by atoms with E-state index in [2.05, 4.69) is 35.5 Å². The second kappa shape index (κ2) is 10.5. The second-order valence-electron chi connectivity index (χ2n) is 11.1. The van der Waals surface area contributed by atoms with Gasteiger partial charge in [-0.25, -0.2) is 80.0 Å². The van der Waals surface area contributed by atoms with Gasteiger partial charge in [0.25, 0.3) is 0 Å². The summed E-state index contributed by atoms with van der Waals surface area (Å²) in [6.45, 7) is 4.00. The topological polar surface area (TPSA) is 96.0 Å². The van der Waals surface area contributed by atoms with Gasteiger partial charge in [-0.1, -0.05) is 13.8 Å². The van der Waals surface area contributed by atoms with Crippen molar-refractivity contribution in [3.8, 4) is 0 Å². The van der Waals surface area contributed by atoms with Crippen LogP contribution in [0.15, 0.2) is 78.5 Å². The molecule has 0 spiro atoms. The predicted octanol–water partition coefficient (Wildman–Crippen LogP) is 6.69. The Balaban J connectivity index is 0.00000171. The van der Waals surface area contributed by atoms with E-state index in [1.165, 1.54) is 0 Å². The zero-order valence-electron chi connectivity index (χ0n) is 25.7. The molecule has 17 heteroatoms. The molecule has 0 radical (unpaired) electrons. The Hall–Kier alpha value is -6.52. The van der Waals surface area contributed by atoms with Gasteiger partial charge in [0.1, 0.15) is 46.5 Å². The minimum Gasteiger partial charge on any atom is -0.224 e. The summed E-state index contributed by atoms with van der Waals surface area (Å²) < 4.78 is 127. The number of hydrogen-bond acceptors (Lipinski definition) is 7. The highest BCUT2D eigenvalue weighted by molar-refractivity contribution is 6.25. The standard InChI is InChI=1S/C32H9F8N9.C2H6/c33-9-1-2-10(34)18-17(9)25-41-26(18)44-30-23-15(39)7-8-16(40)24(23)32-46-28-20-12(36)4-3-11(35)19(20)27(42-28)45-31-22-14(38)6-5-13(37)21(22)29(43-25)48(31)47-49(30)32;1-2/h1-8,47H;1-2H3. The maximum atomic E-state index is 15.8. The molecule has 4 aliphatic rings. The lowest BCUT2D eigenvalue weighted by atomic mass is 10.1. The van der Waals surface area contributed by atoms with Crippen molar-refractivity contribution in [3.05, 3.63) is 128 Å². The molecule has 4 aromatic carbocycles. The van der Waals surface area contributed by atoms with Gasteiger partial charge in [0.05, 0.1) is 43.8 Å². The minimum atomic E-state index is -1.07. The number of nitrogens with zero attached hydrogens (tertiary/aromatic N) is 8. The van der Waals surface area contributed by atoms with Crippen LogP contribution in [0.3, 0.4) is 0 Å². The van der Waals surface area contributed by atoms with Crippen LogP contribution in [-0.4, -0.2) is 32.7 Å². The molecule has 0 saturated carbocycles. The van der Waals surface area contributed by atoms with Gasteiger partial charge in [0.2, 0.25) is 0 Å². The molecule has 2 aromatic heterocycles. The lowest BCUT2D eigenvalue weighted by Gasteiger charge is -2.14. The molecule has 1 N–H and O–H groups in total. The van der Waals surface area contributed by atoms with E-state index in [0.717, 1.165) is 57.9 Å². The van der Waals surface area contributed by atoms with Crippen LogP contribution >= 0.6 is 0 Å². The molecule has 6 heterocycles. The fourth-order valence-electron chi connectivity index (χ4n) is 6.47. The van der Waals surface area contributed by atoms with E-state index in [9.17, 15) is 0 Å². The number of benzene rings is 4. The quantitative estimate of drug-likeness (QED) is 0.176. The monoisotopic (exact) mass is 701 g/mol. The molecule has 0 aliphatic carbocycles. The Kier molecular flexibility index (Phi) is 6.28. The molecule has 252 valence electrons. The highest BCUT2D eigenvalue weighted by Crippen LogP contribution is 2.43. The molecule has 9 nitrogen and oxygen atoms in total. The molecule has 0 amide bonds. The average molecular weight is 702 g/mol. The lowest BCUT2D eigenvalue weighted by Crippen LogP contribution is -2.39. The maximum Gasteiger partial charge on any atom is 0.168 e. The smallest absolute Gasteiger partial charge is 0.168 e. The van der Waals surface area contributed by atoms with E-state index in [1.54, 1.807) is 0 Å². The first kappa shape index (κ1) is 30.5. The largest absolute Gasteiger partial charge is 0.224 e. The van der Waals surface area contributed by atoms with Gasteiger partial charge in [0, 0.05) is 0 Å². The first-order chi connectivity index (χ1) is 24.6. The van der Waals surface area contributed by atoms with E-state index in [4.69, 9.17) is 0 Å². The highest BCUT2D eigenvalue weighted by atomic mass is 19.2. The predicted molar refractivity (Wildman–Crippen MR) is 170 cm³/mol. The number of nitrogens with one attached hydrogen (secondary N) is 1. The van der Waals surface area contributed by atoms with Gasteiger partial charge in [-0.05, 0) is 48.5 Å². The number of fused-ring (bicyclic) bond motifs is 14. The van der Waals surface area contributed by atoms with Gasteiger partial charge in [0.15, 0.2) is 46.0 Å². The summed E-state index contributed by atoms with van der Waals surface area (Å²) in [4.78, 5) is 25.7. The summed E-state index contributed by atoms with van der Waals surface area (Å²) in [5.41, 5.74) is -0.381. The van der Waals surface area contributed by atoms with Gasteiger partial charge in [-0.3, -0.25) is 0 Å². The summed E-state index contributed by atoms with van der Waals surface area (Å²) in [6, 6.07) is 6.27. The Morgan fingerprint density at radius 3 is 1.02 bits per heavy atom. The zero-order valence-corrected chi connectivity index (χ0v) is 25.7. The van der Waals surface area contributed by atoms with Crippen molar-refractivity contribution < 1.29 is 35.1 Å². The van der Waals surface area contributed by atoms with E-state index < -0.39 is 136 Å². The first-order valence-electron chi connectivity index (χ1n) is 15.2. The summed E-state index contributed by atoms with van der Waals surface area (Å²) in [6.07, 6.45) is 0. The number of hydrogen-bond donors (Lipinski definition) is 1. The van der Waals surface area contributed by atoms with Crippen LogP contribution in [0.2, 0.25) is 0 Å². The van der Waals surface area contributed by atoms with Gasteiger partial charge in [-0.2, -0.15) is 0 Å². The highest BCUT2D eigenvalue weighted by Gasteiger charge is 2.36. The van der Waals surface area contributed by atoms with Crippen molar-refractivity contribution in [2.24, 2.45) is 30.0 Å². The molecule has 0 unspecified atom stereocenters. The second-order valence-corrected chi connectivity index (χ2v) is 11.1. The van der Waals surface area contributed by atoms with Crippen LogP contribution in [-0.2, 0) is 0 Å². The van der Waals surface area contributed by atoms with E-state index in [0.29, 0.717) is 0 Å². The lowest BCUT2D eigenvalue weighted by molar-refractivity contribution is 0.596. The molecule has 0 atom stereocenters. The van der Waals surface area contributed by atoms with E-state index in [-0.39, 0.29) is 0 Å². The summed E-state index contributed by atoms with van der Waals surface area (Å²) in [5.74, 6) is -11.6.